The van der Waals surface area contributed by atoms with Crippen molar-refractivity contribution in [2.75, 3.05) is 39.3 Å². The van der Waals surface area contributed by atoms with Crippen LogP contribution in [-0.4, -0.2) is 54.2 Å². The first-order chi connectivity index (χ1) is 9.19. The van der Waals surface area contributed by atoms with Gasteiger partial charge >= 0.3 is 0 Å². The predicted molar refractivity (Wildman–Crippen MR) is 79.3 cm³/mol. The highest BCUT2D eigenvalue weighted by Gasteiger charge is 2.16. The third-order valence-electron chi connectivity index (χ3n) is 4.09. The van der Waals surface area contributed by atoms with Crippen molar-refractivity contribution in [1.82, 2.24) is 9.80 Å². The molecule has 1 N–H and O–H groups in total. The van der Waals surface area contributed by atoms with Crippen LogP contribution in [0.5, 0.6) is 0 Å². The Bertz CT molecular complexity index is 369. The lowest BCUT2D eigenvalue weighted by atomic mass is 10.0. The zero-order chi connectivity index (χ0) is 13.7. The molecule has 0 saturated carbocycles. The number of piperazine rings is 1. The minimum absolute atomic E-state index is 0.329. The van der Waals surface area contributed by atoms with Crippen molar-refractivity contribution >= 4 is 0 Å². The van der Waals surface area contributed by atoms with Gasteiger partial charge in [0.2, 0.25) is 0 Å². The first kappa shape index (κ1) is 14.5. The molecule has 0 bridgehead atoms. The molecule has 1 heterocycles. The fourth-order valence-electron chi connectivity index (χ4n) is 2.59. The fourth-order valence-corrected chi connectivity index (χ4v) is 2.59. The summed E-state index contributed by atoms with van der Waals surface area (Å²) >= 11 is 0. The molecule has 1 unspecified atom stereocenters. The number of rotatable bonds is 5. The highest BCUT2D eigenvalue weighted by Crippen LogP contribution is 2.17. The van der Waals surface area contributed by atoms with Gasteiger partial charge in [0.1, 0.15) is 0 Å². The first-order valence-corrected chi connectivity index (χ1v) is 7.38. The molecule has 106 valence electrons. The van der Waals surface area contributed by atoms with Crippen molar-refractivity contribution < 1.29 is 5.11 Å². The number of aliphatic hydroxyl groups is 1. The average molecular weight is 262 g/mol. The van der Waals surface area contributed by atoms with Crippen LogP contribution in [0.2, 0.25) is 0 Å². The Labute approximate surface area is 116 Å². The Balaban J connectivity index is 1.75. The summed E-state index contributed by atoms with van der Waals surface area (Å²) in [5.74, 6) is 0. The smallest absolute Gasteiger partial charge is 0.0802 e. The fraction of sp³-hybridized carbons (Fsp3) is 0.625. The van der Waals surface area contributed by atoms with E-state index in [0.29, 0.717) is 0 Å². The molecule has 2 rings (SSSR count). The number of likely N-dealkylation sites (N-methyl/N-ethyl adjacent to an activating group) is 1. The summed E-state index contributed by atoms with van der Waals surface area (Å²) in [6.07, 6.45) is 0.500. The Kier molecular flexibility index (Phi) is 5.37. The molecule has 3 heteroatoms. The third-order valence-corrected chi connectivity index (χ3v) is 4.09. The molecule has 1 atom stereocenters. The second kappa shape index (κ2) is 7.04. The summed E-state index contributed by atoms with van der Waals surface area (Å²) in [4.78, 5) is 4.94. The van der Waals surface area contributed by atoms with E-state index in [-0.39, 0.29) is 6.10 Å². The zero-order valence-corrected chi connectivity index (χ0v) is 12.2. The minimum atomic E-state index is -0.329. The number of hydrogen-bond acceptors (Lipinski definition) is 3. The molecule has 0 aromatic heterocycles. The van der Waals surface area contributed by atoms with Crippen molar-refractivity contribution in [2.45, 2.75) is 26.4 Å². The van der Waals surface area contributed by atoms with Crippen LogP contribution in [-0.2, 0) is 0 Å². The molecule has 1 aromatic rings. The number of nitrogens with zero attached hydrogens (tertiary/aromatic N) is 2. The van der Waals surface area contributed by atoms with Crippen LogP contribution < -0.4 is 0 Å². The van der Waals surface area contributed by atoms with Crippen molar-refractivity contribution in [1.29, 1.82) is 0 Å². The molecule has 0 amide bonds. The van der Waals surface area contributed by atoms with Crippen molar-refractivity contribution in [3.63, 3.8) is 0 Å². The van der Waals surface area contributed by atoms with Gasteiger partial charge in [0, 0.05) is 32.7 Å². The minimum Gasteiger partial charge on any atom is -0.388 e. The van der Waals surface area contributed by atoms with Gasteiger partial charge in [-0.25, -0.2) is 0 Å². The van der Waals surface area contributed by atoms with Gasteiger partial charge in [-0.3, -0.25) is 0 Å². The summed E-state index contributed by atoms with van der Waals surface area (Å²) in [5, 5.41) is 10.2. The number of hydrogen-bond donors (Lipinski definition) is 1. The van der Waals surface area contributed by atoms with Crippen LogP contribution in [0.1, 0.15) is 30.6 Å². The van der Waals surface area contributed by atoms with Gasteiger partial charge in [0.05, 0.1) is 6.10 Å². The maximum Gasteiger partial charge on any atom is 0.0802 e. The van der Waals surface area contributed by atoms with E-state index >= 15 is 0 Å². The van der Waals surface area contributed by atoms with E-state index in [1.54, 1.807) is 0 Å². The Morgan fingerprint density at radius 2 is 1.63 bits per heavy atom. The van der Waals surface area contributed by atoms with Gasteiger partial charge in [-0.1, -0.05) is 36.8 Å². The summed E-state index contributed by atoms with van der Waals surface area (Å²) in [7, 11) is 0. The van der Waals surface area contributed by atoms with Gasteiger partial charge in [-0.05, 0) is 25.5 Å². The SMILES string of the molecule is CCN1CCN(CCC(O)c2ccc(C)cc2)CC1. The molecule has 1 aliphatic rings. The van der Waals surface area contributed by atoms with Gasteiger partial charge in [-0.15, -0.1) is 0 Å². The largest absolute Gasteiger partial charge is 0.388 e. The molecular formula is C16H26N2O. The lowest BCUT2D eigenvalue weighted by Gasteiger charge is -2.34. The first-order valence-electron chi connectivity index (χ1n) is 7.38. The summed E-state index contributed by atoms with van der Waals surface area (Å²) in [6, 6.07) is 8.21. The van der Waals surface area contributed by atoms with E-state index in [2.05, 4.69) is 35.8 Å². The van der Waals surface area contributed by atoms with Crippen molar-refractivity contribution in [2.24, 2.45) is 0 Å². The van der Waals surface area contributed by atoms with Crippen LogP contribution >= 0.6 is 0 Å². The molecule has 0 radical (unpaired) electrons. The van der Waals surface area contributed by atoms with Crippen LogP contribution in [0.4, 0.5) is 0 Å². The molecule has 1 aromatic carbocycles. The quantitative estimate of drug-likeness (QED) is 0.880. The van der Waals surface area contributed by atoms with E-state index in [1.165, 1.54) is 5.56 Å². The number of aryl methyl sites for hydroxylation is 1. The van der Waals surface area contributed by atoms with E-state index in [1.807, 2.05) is 12.1 Å². The van der Waals surface area contributed by atoms with Crippen LogP contribution in [0, 0.1) is 6.92 Å². The number of aliphatic hydroxyl groups excluding tert-OH is 1. The molecule has 1 saturated heterocycles. The molecule has 0 aliphatic carbocycles. The van der Waals surface area contributed by atoms with Crippen molar-refractivity contribution in [3.8, 4) is 0 Å². The zero-order valence-electron chi connectivity index (χ0n) is 12.2. The highest BCUT2D eigenvalue weighted by molar-refractivity contribution is 5.23. The van der Waals surface area contributed by atoms with Gasteiger partial charge in [0.15, 0.2) is 0 Å². The lowest BCUT2D eigenvalue weighted by molar-refractivity contribution is 0.105. The van der Waals surface area contributed by atoms with Crippen LogP contribution in [0.15, 0.2) is 24.3 Å². The standard InChI is InChI=1S/C16H26N2O/c1-3-17-10-12-18(13-11-17)9-8-16(19)15-6-4-14(2)5-7-15/h4-7,16,19H,3,8-13H2,1-2H3. The van der Waals surface area contributed by atoms with Gasteiger partial charge < -0.3 is 14.9 Å². The van der Waals surface area contributed by atoms with Crippen LogP contribution in [0.25, 0.3) is 0 Å². The molecular weight excluding hydrogens is 236 g/mol. The van der Waals surface area contributed by atoms with E-state index in [0.717, 1.165) is 51.3 Å². The highest BCUT2D eigenvalue weighted by atomic mass is 16.3. The monoisotopic (exact) mass is 262 g/mol. The molecule has 0 spiro atoms. The topological polar surface area (TPSA) is 26.7 Å². The maximum absolute atomic E-state index is 10.2. The van der Waals surface area contributed by atoms with Crippen molar-refractivity contribution in [3.05, 3.63) is 35.4 Å². The summed E-state index contributed by atoms with van der Waals surface area (Å²) in [6.45, 7) is 11.0. The second-order valence-corrected chi connectivity index (χ2v) is 5.49. The van der Waals surface area contributed by atoms with E-state index in [9.17, 15) is 5.11 Å². The summed E-state index contributed by atoms with van der Waals surface area (Å²) < 4.78 is 0. The Morgan fingerprint density at radius 3 is 2.21 bits per heavy atom. The molecule has 19 heavy (non-hydrogen) atoms. The van der Waals surface area contributed by atoms with E-state index in [4.69, 9.17) is 0 Å². The average Bonchev–Trinajstić information content (AvgIpc) is 2.46. The van der Waals surface area contributed by atoms with Gasteiger partial charge in [-0.2, -0.15) is 0 Å². The Morgan fingerprint density at radius 1 is 1.05 bits per heavy atom. The van der Waals surface area contributed by atoms with E-state index < -0.39 is 0 Å². The molecule has 3 nitrogen and oxygen atoms in total. The maximum atomic E-state index is 10.2. The van der Waals surface area contributed by atoms with Crippen LogP contribution in [0.3, 0.4) is 0 Å². The lowest BCUT2D eigenvalue weighted by Crippen LogP contribution is -2.46. The molecule has 1 fully saturated rings. The molecule has 1 aliphatic heterocycles. The number of benzene rings is 1. The summed E-state index contributed by atoms with van der Waals surface area (Å²) in [5.41, 5.74) is 2.28. The predicted octanol–water partition coefficient (Wildman–Crippen LogP) is 2.06. The third kappa shape index (κ3) is 4.30. The normalized spacial score (nSPS) is 19.5. The second-order valence-electron chi connectivity index (χ2n) is 5.49. The van der Waals surface area contributed by atoms with Gasteiger partial charge in [0.25, 0.3) is 0 Å². The Hall–Kier alpha value is -0.900.